The Balaban J connectivity index is 2.18. The summed E-state index contributed by atoms with van der Waals surface area (Å²) in [4.78, 5) is 0. The zero-order valence-corrected chi connectivity index (χ0v) is 13.8. The SMILES string of the molecule is CCc1cc(OC)c(OC)c(OCC(C)c2ccccc2)c1. The lowest BCUT2D eigenvalue weighted by molar-refractivity contribution is 0.269. The van der Waals surface area contributed by atoms with E-state index in [0.717, 1.165) is 12.2 Å². The molecule has 0 N–H and O–H groups in total. The van der Waals surface area contributed by atoms with Gasteiger partial charge in [-0.2, -0.15) is 0 Å². The van der Waals surface area contributed by atoms with Gasteiger partial charge in [-0.25, -0.2) is 0 Å². The number of rotatable bonds is 7. The zero-order chi connectivity index (χ0) is 15.9. The highest BCUT2D eigenvalue weighted by atomic mass is 16.5. The predicted octanol–water partition coefficient (Wildman–Crippen LogP) is 4.45. The van der Waals surface area contributed by atoms with Crippen LogP contribution in [-0.4, -0.2) is 20.8 Å². The Morgan fingerprint density at radius 3 is 2.23 bits per heavy atom. The monoisotopic (exact) mass is 300 g/mol. The highest BCUT2D eigenvalue weighted by Crippen LogP contribution is 2.39. The van der Waals surface area contributed by atoms with Crippen LogP contribution in [0.2, 0.25) is 0 Å². The van der Waals surface area contributed by atoms with Crippen molar-refractivity contribution in [2.24, 2.45) is 0 Å². The highest BCUT2D eigenvalue weighted by molar-refractivity contribution is 5.53. The van der Waals surface area contributed by atoms with Crippen LogP contribution in [-0.2, 0) is 6.42 Å². The fourth-order valence-electron chi connectivity index (χ4n) is 2.39. The Morgan fingerprint density at radius 2 is 1.64 bits per heavy atom. The van der Waals surface area contributed by atoms with Gasteiger partial charge in [-0.3, -0.25) is 0 Å². The molecule has 2 rings (SSSR count). The minimum Gasteiger partial charge on any atom is -0.493 e. The third kappa shape index (κ3) is 3.73. The molecule has 0 fully saturated rings. The van der Waals surface area contributed by atoms with Gasteiger partial charge < -0.3 is 14.2 Å². The lowest BCUT2D eigenvalue weighted by atomic mass is 10.0. The molecule has 0 saturated carbocycles. The second kappa shape index (κ2) is 7.74. The Bertz CT molecular complexity index is 593. The van der Waals surface area contributed by atoms with Crippen molar-refractivity contribution in [3.05, 3.63) is 53.6 Å². The third-order valence-electron chi connectivity index (χ3n) is 3.77. The molecule has 0 radical (unpaired) electrons. The van der Waals surface area contributed by atoms with E-state index in [1.165, 1.54) is 11.1 Å². The van der Waals surface area contributed by atoms with E-state index in [9.17, 15) is 0 Å². The molecule has 0 spiro atoms. The van der Waals surface area contributed by atoms with E-state index < -0.39 is 0 Å². The number of hydrogen-bond acceptors (Lipinski definition) is 3. The molecule has 0 amide bonds. The maximum atomic E-state index is 6.02. The van der Waals surface area contributed by atoms with Crippen LogP contribution in [0.15, 0.2) is 42.5 Å². The molecule has 0 aromatic heterocycles. The molecule has 118 valence electrons. The number of ether oxygens (including phenoxy) is 3. The fourth-order valence-corrected chi connectivity index (χ4v) is 2.39. The lowest BCUT2D eigenvalue weighted by Gasteiger charge is -2.18. The molecule has 0 aliphatic rings. The molecule has 1 atom stereocenters. The van der Waals surface area contributed by atoms with Crippen molar-refractivity contribution in [3.8, 4) is 17.2 Å². The van der Waals surface area contributed by atoms with Gasteiger partial charge in [0.25, 0.3) is 0 Å². The van der Waals surface area contributed by atoms with Crippen LogP contribution in [0.25, 0.3) is 0 Å². The highest BCUT2D eigenvalue weighted by Gasteiger charge is 2.15. The van der Waals surface area contributed by atoms with Crippen molar-refractivity contribution in [3.63, 3.8) is 0 Å². The molecule has 3 heteroatoms. The zero-order valence-electron chi connectivity index (χ0n) is 13.8. The van der Waals surface area contributed by atoms with Crippen LogP contribution in [0.3, 0.4) is 0 Å². The first-order valence-electron chi connectivity index (χ1n) is 7.62. The smallest absolute Gasteiger partial charge is 0.203 e. The van der Waals surface area contributed by atoms with E-state index in [4.69, 9.17) is 14.2 Å². The number of benzene rings is 2. The van der Waals surface area contributed by atoms with Gasteiger partial charge in [-0.15, -0.1) is 0 Å². The van der Waals surface area contributed by atoms with Crippen molar-refractivity contribution < 1.29 is 14.2 Å². The molecule has 2 aromatic carbocycles. The summed E-state index contributed by atoms with van der Waals surface area (Å²) in [5.41, 5.74) is 2.43. The standard InChI is InChI=1S/C19H24O3/c1-5-15-11-17(20-3)19(21-4)18(12-15)22-13-14(2)16-9-7-6-8-10-16/h6-12,14H,5,13H2,1-4H3. The second-order valence-corrected chi connectivity index (χ2v) is 5.31. The normalized spacial score (nSPS) is 11.8. The molecule has 0 bridgehead atoms. The average molecular weight is 300 g/mol. The van der Waals surface area contributed by atoms with Crippen molar-refractivity contribution in [1.82, 2.24) is 0 Å². The molecule has 0 aliphatic carbocycles. The van der Waals surface area contributed by atoms with E-state index in [0.29, 0.717) is 24.0 Å². The van der Waals surface area contributed by atoms with Crippen molar-refractivity contribution in [2.45, 2.75) is 26.2 Å². The van der Waals surface area contributed by atoms with Gasteiger partial charge in [0.2, 0.25) is 5.75 Å². The molecule has 1 unspecified atom stereocenters. The third-order valence-corrected chi connectivity index (χ3v) is 3.77. The molecule has 0 heterocycles. The number of aryl methyl sites for hydroxylation is 1. The fraction of sp³-hybridized carbons (Fsp3) is 0.368. The van der Waals surface area contributed by atoms with Crippen LogP contribution in [0.4, 0.5) is 0 Å². The van der Waals surface area contributed by atoms with Crippen LogP contribution in [0, 0.1) is 0 Å². The van der Waals surface area contributed by atoms with Crippen molar-refractivity contribution in [1.29, 1.82) is 0 Å². The summed E-state index contributed by atoms with van der Waals surface area (Å²) in [6.45, 7) is 4.86. The van der Waals surface area contributed by atoms with E-state index >= 15 is 0 Å². The Morgan fingerprint density at radius 1 is 0.955 bits per heavy atom. The summed E-state index contributed by atoms with van der Waals surface area (Å²) in [5, 5.41) is 0. The molecular formula is C19H24O3. The molecule has 0 saturated heterocycles. The first-order valence-corrected chi connectivity index (χ1v) is 7.62. The minimum absolute atomic E-state index is 0.308. The predicted molar refractivity (Wildman–Crippen MR) is 89.3 cm³/mol. The molecule has 3 nitrogen and oxygen atoms in total. The number of methoxy groups -OCH3 is 2. The quantitative estimate of drug-likeness (QED) is 0.756. The van der Waals surface area contributed by atoms with Crippen molar-refractivity contribution >= 4 is 0 Å². The first-order chi connectivity index (χ1) is 10.7. The lowest BCUT2D eigenvalue weighted by Crippen LogP contribution is -2.08. The summed E-state index contributed by atoms with van der Waals surface area (Å²) in [7, 11) is 3.28. The minimum atomic E-state index is 0.308. The first kappa shape index (κ1) is 16.2. The van der Waals surface area contributed by atoms with Crippen molar-refractivity contribution in [2.75, 3.05) is 20.8 Å². The largest absolute Gasteiger partial charge is 0.493 e. The second-order valence-electron chi connectivity index (χ2n) is 5.31. The van der Waals surface area contributed by atoms with Gasteiger partial charge in [0.05, 0.1) is 20.8 Å². The summed E-state index contributed by atoms with van der Waals surface area (Å²) in [5.74, 6) is 2.41. The Kier molecular flexibility index (Phi) is 5.70. The number of hydrogen-bond donors (Lipinski definition) is 0. The molecule has 0 aliphatic heterocycles. The molecular weight excluding hydrogens is 276 g/mol. The van der Waals surface area contributed by atoms with Gasteiger partial charge in [-0.05, 0) is 29.7 Å². The average Bonchev–Trinajstić information content (AvgIpc) is 2.59. The van der Waals surface area contributed by atoms with Gasteiger partial charge in [0.15, 0.2) is 11.5 Å². The summed E-state index contributed by atoms with van der Waals surface area (Å²) < 4.78 is 16.9. The van der Waals surface area contributed by atoms with E-state index in [1.807, 2.05) is 30.3 Å². The van der Waals surface area contributed by atoms with Crippen LogP contribution in [0.5, 0.6) is 17.2 Å². The van der Waals surface area contributed by atoms with Crippen LogP contribution in [0.1, 0.15) is 30.9 Å². The summed E-state index contributed by atoms with van der Waals surface area (Å²) >= 11 is 0. The van der Waals surface area contributed by atoms with E-state index in [1.54, 1.807) is 14.2 Å². The van der Waals surface area contributed by atoms with E-state index in [2.05, 4.69) is 26.0 Å². The van der Waals surface area contributed by atoms with Gasteiger partial charge in [-0.1, -0.05) is 44.2 Å². The van der Waals surface area contributed by atoms with Gasteiger partial charge in [0.1, 0.15) is 0 Å². The maximum absolute atomic E-state index is 6.02. The molecule has 2 aromatic rings. The van der Waals surface area contributed by atoms with Gasteiger partial charge >= 0.3 is 0 Å². The Labute approximate surface area is 132 Å². The van der Waals surface area contributed by atoms with Crippen LogP contribution < -0.4 is 14.2 Å². The molecule has 22 heavy (non-hydrogen) atoms. The van der Waals surface area contributed by atoms with Crippen LogP contribution >= 0.6 is 0 Å². The summed E-state index contributed by atoms with van der Waals surface area (Å²) in [6.07, 6.45) is 0.922. The van der Waals surface area contributed by atoms with E-state index in [-0.39, 0.29) is 0 Å². The Hall–Kier alpha value is -2.16. The summed E-state index contributed by atoms with van der Waals surface area (Å²) in [6, 6.07) is 14.4. The topological polar surface area (TPSA) is 27.7 Å². The van der Waals surface area contributed by atoms with Gasteiger partial charge in [0, 0.05) is 5.92 Å². The maximum Gasteiger partial charge on any atom is 0.203 e.